The highest BCUT2D eigenvalue weighted by atomic mass is 16.7. The van der Waals surface area contributed by atoms with Crippen LogP contribution in [0.3, 0.4) is 0 Å². The molecule has 4 aliphatic rings. The van der Waals surface area contributed by atoms with Gasteiger partial charge in [-0.1, -0.05) is 19.1 Å². The smallest absolute Gasteiger partial charge is 0.342 e. The second-order valence-electron chi connectivity index (χ2n) is 11.1. The minimum atomic E-state index is -2.07. The lowest BCUT2D eigenvalue weighted by Crippen LogP contribution is -2.68. The summed E-state index contributed by atoms with van der Waals surface area (Å²) in [6, 6.07) is 0. The molecule has 38 heavy (non-hydrogen) atoms. The van der Waals surface area contributed by atoms with Crippen LogP contribution in [0, 0.1) is 11.3 Å². The minimum Gasteiger partial charge on any atom is -0.459 e. The van der Waals surface area contributed by atoms with Crippen molar-refractivity contribution < 1.29 is 58.2 Å². The third kappa shape index (κ3) is 3.88. The fourth-order valence-electron chi connectivity index (χ4n) is 6.55. The van der Waals surface area contributed by atoms with E-state index in [9.17, 15) is 34.5 Å². The second kappa shape index (κ2) is 8.87. The molecule has 2 aliphatic heterocycles. The molecule has 2 saturated heterocycles. The van der Waals surface area contributed by atoms with Gasteiger partial charge in [0.2, 0.25) is 0 Å². The van der Waals surface area contributed by atoms with Gasteiger partial charge in [-0.2, -0.15) is 0 Å². The van der Waals surface area contributed by atoms with Crippen LogP contribution >= 0.6 is 0 Å². The van der Waals surface area contributed by atoms with Gasteiger partial charge in [0.25, 0.3) is 0 Å². The highest BCUT2D eigenvalue weighted by molar-refractivity contribution is 5.89. The highest BCUT2D eigenvalue weighted by Gasteiger charge is 2.87. The number of rotatable bonds is 3. The molecule has 0 unspecified atom stereocenters. The number of fused-ring (bicyclic) bond motifs is 1. The largest absolute Gasteiger partial charge is 0.459 e. The molecule has 0 aromatic heterocycles. The van der Waals surface area contributed by atoms with Crippen LogP contribution in [0.2, 0.25) is 0 Å². The monoisotopic (exact) mass is 538 g/mol. The number of aliphatic hydroxyl groups is 3. The third-order valence-electron chi connectivity index (χ3n) is 8.36. The van der Waals surface area contributed by atoms with Gasteiger partial charge in [-0.25, -0.2) is 4.79 Å². The Hall–Kier alpha value is -2.80. The molecule has 3 N–H and O–H groups in total. The molecular weight excluding hydrogens is 504 g/mol. The summed E-state index contributed by atoms with van der Waals surface area (Å²) in [4.78, 5) is 49.8. The minimum absolute atomic E-state index is 0.247. The van der Waals surface area contributed by atoms with Crippen LogP contribution < -0.4 is 0 Å². The molecule has 12 heteroatoms. The summed E-state index contributed by atoms with van der Waals surface area (Å²) in [5, 5.41) is 34.3. The molecule has 0 aromatic carbocycles. The molecule has 1 spiro atoms. The van der Waals surface area contributed by atoms with Crippen LogP contribution in [-0.2, 0) is 42.9 Å². The fourth-order valence-corrected chi connectivity index (χ4v) is 6.55. The first kappa shape index (κ1) is 28.2. The summed E-state index contributed by atoms with van der Waals surface area (Å²) in [5.41, 5.74) is -6.67. The molecular formula is C26H34O12. The molecule has 11 atom stereocenters. The van der Waals surface area contributed by atoms with E-state index in [0.717, 1.165) is 20.8 Å². The van der Waals surface area contributed by atoms with Crippen LogP contribution in [0.4, 0.5) is 0 Å². The van der Waals surface area contributed by atoms with Crippen LogP contribution in [0.25, 0.3) is 0 Å². The van der Waals surface area contributed by atoms with Crippen LogP contribution in [-0.4, -0.2) is 92.6 Å². The predicted molar refractivity (Wildman–Crippen MR) is 126 cm³/mol. The van der Waals surface area contributed by atoms with E-state index in [1.807, 2.05) is 0 Å². The summed E-state index contributed by atoms with van der Waals surface area (Å²) in [7, 11) is 0. The second-order valence-corrected chi connectivity index (χ2v) is 11.1. The van der Waals surface area contributed by atoms with E-state index in [4.69, 9.17) is 23.7 Å². The number of carbonyl (C=O) groups excluding carboxylic acids is 4. The van der Waals surface area contributed by atoms with Crippen molar-refractivity contribution in [3.8, 4) is 0 Å². The van der Waals surface area contributed by atoms with Crippen molar-refractivity contribution in [3.63, 3.8) is 0 Å². The number of esters is 4. The summed E-state index contributed by atoms with van der Waals surface area (Å²) >= 11 is 0. The van der Waals surface area contributed by atoms with E-state index in [-0.39, 0.29) is 5.57 Å². The van der Waals surface area contributed by atoms with Crippen molar-refractivity contribution in [2.45, 2.75) is 102 Å². The van der Waals surface area contributed by atoms with E-state index in [0.29, 0.717) is 0 Å². The molecule has 2 fully saturated rings. The average molecular weight is 539 g/mol. The lowest BCUT2D eigenvalue weighted by atomic mass is 9.55. The first-order valence-corrected chi connectivity index (χ1v) is 12.3. The van der Waals surface area contributed by atoms with Crippen molar-refractivity contribution in [3.05, 3.63) is 23.8 Å². The zero-order valence-electron chi connectivity index (χ0n) is 22.3. The van der Waals surface area contributed by atoms with Crippen molar-refractivity contribution in [1.82, 2.24) is 0 Å². The van der Waals surface area contributed by atoms with Crippen LogP contribution in [0.5, 0.6) is 0 Å². The Labute approximate surface area is 219 Å². The first-order chi connectivity index (χ1) is 17.4. The quantitative estimate of drug-likeness (QED) is 0.188. The van der Waals surface area contributed by atoms with Gasteiger partial charge in [0.1, 0.15) is 24.4 Å². The lowest BCUT2D eigenvalue weighted by Gasteiger charge is -2.55. The van der Waals surface area contributed by atoms with Gasteiger partial charge >= 0.3 is 23.9 Å². The molecule has 2 heterocycles. The van der Waals surface area contributed by atoms with Crippen molar-refractivity contribution >= 4 is 23.9 Å². The number of epoxide rings is 1. The van der Waals surface area contributed by atoms with E-state index in [1.165, 1.54) is 45.9 Å². The third-order valence-corrected chi connectivity index (χ3v) is 8.36. The SMILES string of the molecule is CC(=O)O[C@H]1/C(C)=C\[C@@H]2OC(=O)[C@]3(C)O[C@]23[C@@H](OC(C)=O)[C@H]2[C@@](C)(O)[C@H](O)C=C[C@]2(C)[C@@H](OC(C)=O)[C@@H]1O. The summed E-state index contributed by atoms with van der Waals surface area (Å²) in [5.74, 6) is -4.41. The Morgan fingerprint density at radius 2 is 1.50 bits per heavy atom. The van der Waals surface area contributed by atoms with Crippen molar-refractivity contribution in [2.24, 2.45) is 11.3 Å². The van der Waals surface area contributed by atoms with Gasteiger partial charge in [-0.15, -0.1) is 0 Å². The van der Waals surface area contributed by atoms with Gasteiger partial charge in [0, 0.05) is 32.1 Å². The number of aliphatic hydroxyl groups excluding tert-OH is 2. The molecule has 4 rings (SSSR count). The molecule has 12 nitrogen and oxygen atoms in total. The topological polar surface area (TPSA) is 178 Å². The van der Waals surface area contributed by atoms with Crippen molar-refractivity contribution in [2.75, 3.05) is 0 Å². The van der Waals surface area contributed by atoms with E-state index >= 15 is 0 Å². The lowest BCUT2D eigenvalue weighted by molar-refractivity contribution is -0.226. The Kier molecular flexibility index (Phi) is 6.58. The molecule has 0 saturated carbocycles. The van der Waals surface area contributed by atoms with E-state index < -0.39 is 88.6 Å². The molecule has 210 valence electrons. The Balaban J connectivity index is 2.07. The zero-order valence-corrected chi connectivity index (χ0v) is 22.3. The van der Waals surface area contributed by atoms with Gasteiger partial charge in [-0.3, -0.25) is 14.4 Å². The molecule has 0 amide bonds. The number of ether oxygens (including phenoxy) is 5. The normalized spacial score (nSPS) is 48.7. The highest BCUT2D eigenvalue weighted by Crippen LogP contribution is 2.65. The molecule has 2 aliphatic carbocycles. The first-order valence-electron chi connectivity index (χ1n) is 12.3. The molecule has 0 bridgehead atoms. The summed E-state index contributed by atoms with van der Waals surface area (Å²) < 4.78 is 28.5. The van der Waals surface area contributed by atoms with Crippen LogP contribution in [0.1, 0.15) is 48.5 Å². The Morgan fingerprint density at radius 1 is 0.947 bits per heavy atom. The number of hydrogen-bond donors (Lipinski definition) is 3. The van der Waals surface area contributed by atoms with Crippen LogP contribution in [0.15, 0.2) is 23.8 Å². The molecule has 0 aromatic rings. The van der Waals surface area contributed by atoms with E-state index in [2.05, 4.69) is 0 Å². The maximum Gasteiger partial charge on any atom is 0.342 e. The van der Waals surface area contributed by atoms with Crippen molar-refractivity contribution in [1.29, 1.82) is 0 Å². The maximum absolute atomic E-state index is 13.0. The molecule has 0 radical (unpaired) electrons. The Morgan fingerprint density at radius 3 is 2.03 bits per heavy atom. The standard InChI is InChI=1S/C26H34O12/c1-11-10-16-26(25(7,38-26)22(32)37-16)21(36-14(4)29)19-23(5,9-8-15(30)24(19,6)33)20(35-13(3)28)17(31)18(11)34-12(2)27/h8-10,15-21,30-31,33H,1-7H3/b11-10-/t15-,16+,17-,18+,19-,20+,21+,23+,24+,25+,26+/m1/s1. The maximum atomic E-state index is 13.0. The summed E-state index contributed by atoms with van der Waals surface area (Å²) in [6.45, 7) is 9.23. The van der Waals surface area contributed by atoms with Gasteiger partial charge in [0.15, 0.2) is 23.4 Å². The summed E-state index contributed by atoms with van der Waals surface area (Å²) in [6.07, 6.45) is -4.55. The van der Waals surface area contributed by atoms with Gasteiger partial charge < -0.3 is 39.0 Å². The zero-order chi connectivity index (χ0) is 28.6. The van der Waals surface area contributed by atoms with E-state index in [1.54, 1.807) is 0 Å². The van der Waals surface area contributed by atoms with Gasteiger partial charge in [0.05, 0.1) is 5.60 Å². The average Bonchev–Trinajstić information content (AvgIpc) is 3.38. The Bertz CT molecular complexity index is 1130. The predicted octanol–water partition coefficient (Wildman–Crippen LogP) is -0.140. The number of carbonyl (C=O) groups is 4. The van der Waals surface area contributed by atoms with Gasteiger partial charge in [-0.05, 0) is 32.4 Å². The number of hydrogen-bond acceptors (Lipinski definition) is 12. The fraction of sp³-hybridized carbons (Fsp3) is 0.692.